The van der Waals surface area contributed by atoms with Gasteiger partial charge in [0, 0.05) is 18.7 Å². The first-order chi connectivity index (χ1) is 9.97. The van der Waals surface area contributed by atoms with Crippen LogP contribution in [0.2, 0.25) is 0 Å². The highest BCUT2D eigenvalue weighted by molar-refractivity contribution is 5.93. The van der Waals surface area contributed by atoms with E-state index in [0.717, 1.165) is 23.2 Å². The molecule has 1 fully saturated rings. The van der Waals surface area contributed by atoms with Crippen LogP contribution in [0, 0.1) is 19.8 Å². The number of nitrogens with one attached hydrogen (secondary N) is 1. The molecule has 1 saturated heterocycles. The molecule has 114 valence electrons. The molecule has 2 N–H and O–H groups in total. The number of anilines is 1. The molecule has 1 amide bonds. The first-order valence-corrected chi connectivity index (χ1v) is 7.19. The van der Waals surface area contributed by atoms with E-state index >= 15 is 0 Å². The molecule has 0 aromatic heterocycles. The largest absolute Gasteiger partial charge is 0.481 e. The molecule has 0 bridgehead atoms. The maximum Gasteiger partial charge on any atom is 0.309 e. The fourth-order valence-electron chi connectivity index (χ4n) is 2.65. The maximum absolute atomic E-state index is 12.1. The molecule has 0 aliphatic carbocycles. The van der Waals surface area contributed by atoms with E-state index in [9.17, 15) is 14.7 Å². The van der Waals surface area contributed by atoms with Gasteiger partial charge in [-0.25, -0.2) is 0 Å². The standard InChI is InChI=1S/C16H21NO4/c1-10-5-6-13(11(2)8-10)17-15(18)9-12(16(19)20)14-4-3-7-21-14/h5-6,8,12,14H,3-4,7,9H2,1-2H3,(H,17,18)(H,19,20). The summed E-state index contributed by atoms with van der Waals surface area (Å²) in [6.45, 7) is 4.47. The lowest BCUT2D eigenvalue weighted by Crippen LogP contribution is -2.31. The number of carbonyl (C=O) groups is 2. The van der Waals surface area contributed by atoms with E-state index < -0.39 is 11.9 Å². The van der Waals surface area contributed by atoms with E-state index in [1.807, 2.05) is 32.0 Å². The molecule has 2 rings (SSSR count). The molecule has 21 heavy (non-hydrogen) atoms. The lowest BCUT2D eigenvalue weighted by atomic mass is 9.96. The van der Waals surface area contributed by atoms with E-state index in [-0.39, 0.29) is 18.4 Å². The van der Waals surface area contributed by atoms with Crippen LogP contribution in [0.4, 0.5) is 5.69 Å². The Hall–Kier alpha value is -1.88. The van der Waals surface area contributed by atoms with Crippen LogP contribution in [-0.4, -0.2) is 29.7 Å². The smallest absolute Gasteiger partial charge is 0.309 e. The summed E-state index contributed by atoms with van der Waals surface area (Å²) in [5.41, 5.74) is 2.81. The molecule has 1 aromatic rings. The molecule has 1 heterocycles. The normalized spacial score (nSPS) is 19.2. The second kappa shape index (κ2) is 6.72. The minimum Gasteiger partial charge on any atom is -0.481 e. The number of benzene rings is 1. The van der Waals surface area contributed by atoms with E-state index in [1.165, 1.54) is 0 Å². The SMILES string of the molecule is Cc1ccc(NC(=O)CC(C(=O)O)C2CCCO2)c(C)c1. The Morgan fingerprint density at radius 2 is 2.19 bits per heavy atom. The van der Waals surface area contributed by atoms with Crippen molar-refractivity contribution in [1.82, 2.24) is 0 Å². The van der Waals surface area contributed by atoms with Gasteiger partial charge in [-0.05, 0) is 38.3 Å². The van der Waals surface area contributed by atoms with Crippen LogP contribution in [0.5, 0.6) is 0 Å². The number of hydrogen-bond donors (Lipinski definition) is 2. The summed E-state index contributed by atoms with van der Waals surface area (Å²) in [6, 6.07) is 5.73. The molecule has 0 saturated carbocycles. The van der Waals surface area contributed by atoms with Crippen molar-refractivity contribution in [3.8, 4) is 0 Å². The topological polar surface area (TPSA) is 75.6 Å². The van der Waals surface area contributed by atoms with Crippen LogP contribution in [0.1, 0.15) is 30.4 Å². The zero-order valence-electron chi connectivity index (χ0n) is 12.4. The van der Waals surface area contributed by atoms with Gasteiger partial charge in [0.25, 0.3) is 0 Å². The summed E-state index contributed by atoms with van der Waals surface area (Å²) in [6.07, 6.45) is 1.14. The lowest BCUT2D eigenvalue weighted by molar-refractivity contribution is -0.148. The summed E-state index contributed by atoms with van der Waals surface area (Å²) < 4.78 is 5.41. The van der Waals surface area contributed by atoms with Crippen LogP contribution in [0.3, 0.4) is 0 Å². The van der Waals surface area contributed by atoms with Crippen molar-refractivity contribution in [1.29, 1.82) is 0 Å². The second-order valence-corrected chi connectivity index (χ2v) is 5.57. The quantitative estimate of drug-likeness (QED) is 0.874. The van der Waals surface area contributed by atoms with Crippen molar-refractivity contribution in [2.24, 2.45) is 5.92 Å². The number of aliphatic carboxylic acids is 1. The molecule has 0 spiro atoms. The predicted octanol–water partition coefficient (Wildman–Crippen LogP) is 2.51. The molecule has 1 aromatic carbocycles. The number of carboxylic acids is 1. The van der Waals surface area contributed by atoms with E-state index in [0.29, 0.717) is 13.0 Å². The van der Waals surface area contributed by atoms with Crippen molar-refractivity contribution in [3.63, 3.8) is 0 Å². The molecule has 5 nitrogen and oxygen atoms in total. The molecular formula is C16H21NO4. The highest BCUT2D eigenvalue weighted by atomic mass is 16.5. The number of rotatable bonds is 5. The Labute approximate surface area is 124 Å². The number of aryl methyl sites for hydroxylation is 2. The van der Waals surface area contributed by atoms with E-state index in [2.05, 4.69) is 5.32 Å². The number of hydrogen-bond acceptors (Lipinski definition) is 3. The fraction of sp³-hybridized carbons (Fsp3) is 0.500. The van der Waals surface area contributed by atoms with Gasteiger partial charge in [0.15, 0.2) is 0 Å². The van der Waals surface area contributed by atoms with Gasteiger partial charge in [0.2, 0.25) is 5.91 Å². The van der Waals surface area contributed by atoms with Crippen LogP contribution in [-0.2, 0) is 14.3 Å². The van der Waals surface area contributed by atoms with Crippen molar-refractivity contribution in [2.45, 2.75) is 39.2 Å². The van der Waals surface area contributed by atoms with Crippen molar-refractivity contribution < 1.29 is 19.4 Å². The van der Waals surface area contributed by atoms with Crippen LogP contribution in [0.25, 0.3) is 0 Å². The summed E-state index contributed by atoms with van der Waals surface area (Å²) in [4.78, 5) is 23.4. The van der Waals surface area contributed by atoms with Crippen molar-refractivity contribution in [2.75, 3.05) is 11.9 Å². The number of amides is 1. The Kier molecular flexibility index (Phi) is 4.96. The number of carbonyl (C=O) groups excluding carboxylic acids is 1. The average Bonchev–Trinajstić information content (AvgIpc) is 2.92. The highest BCUT2D eigenvalue weighted by Crippen LogP contribution is 2.24. The third kappa shape index (κ3) is 4.04. The van der Waals surface area contributed by atoms with Gasteiger partial charge < -0.3 is 15.2 Å². The van der Waals surface area contributed by atoms with Gasteiger partial charge in [-0.15, -0.1) is 0 Å². The van der Waals surface area contributed by atoms with E-state index in [4.69, 9.17) is 4.74 Å². The van der Waals surface area contributed by atoms with Gasteiger partial charge in [-0.1, -0.05) is 17.7 Å². The second-order valence-electron chi connectivity index (χ2n) is 5.57. The molecular weight excluding hydrogens is 270 g/mol. The highest BCUT2D eigenvalue weighted by Gasteiger charge is 2.33. The fourth-order valence-corrected chi connectivity index (χ4v) is 2.65. The van der Waals surface area contributed by atoms with Crippen LogP contribution in [0.15, 0.2) is 18.2 Å². The van der Waals surface area contributed by atoms with Gasteiger partial charge in [-0.2, -0.15) is 0 Å². The molecule has 1 aliphatic rings. The van der Waals surface area contributed by atoms with Crippen LogP contribution < -0.4 is 5.32 Å². The first-order valence-electron chi connectivity index (χ1n) is 7.19. The Morgan fingerprint density at radius 1 is 1.43 bits per heavy atom. The summed E-state index contributed by atoms with van der Waals surface area (Å²) >= 11 is 0. The summed E-state index contributed by atoms with van der Waals surface area (Å²) in [5.74, 6) is -2.04. The molecule has 2 atom stereocenters. The van der Waals surface area contributed by atoms with Crippen LogP contribution >= 0.6 is 0 Å². The number of ether oxygens (including phenoxy) is 1. The number of carboxylic acid groups (broad SMARTS) is 1. The Morgan fingerprint density at radius 3 is 2.76 bits per heavy atom. The molecule has 5 heteroatoms. The Balaban J connectivity index is 2.00. The predicted molar refractivity (Wildman–Crippen MR) is 79.3 cm³/mol. The first kappa shape index (κ1) is 15.5. The zero-order chi connectivity index (χ0) is 15.4. The lowest BCUT2D eigenvalue weighted by Gasteiger charge is -2.18. The molecule has 2 unspecified atom stereocenters. The minimum absolute atomic E-state index is 0.0622. The Bertz CT molecular complexity index is 535. The van der Waals surface area contributed by atoms with Crippen molar-refractivity contribution in [3.05, 3.63) is 29.3 Å². The monoisotopic (exact) mass is 291 g/mol. The van der Waals surface area contributed by atoms with Crippen molar-refractivity contribution >= 4 is 17.6 Å². The maximum atomic E-state index is 12.1. The van der Waals surface area contributed by atoms with E-state index in [1.54, 1.807) is 0 Å². The third-order valence-electron chi connectivity index (χ3n) is 3.79. The minimum atomic E-state index is -0.974. The van der Waals surface area contributed by atoms with Gasteiger partial charge >= 0.3 is 5.97 Å². The molecule has 0 radical (unpaired) electrons. The zero-order valence-corrected chi connectivity index (χ0v) is 12.4. The van der Waals surface area contributed by atoms with Gasteiger partial charge in [0.05, 0.1) is 12.0 Å². The average molecular weight is 291 g/mol. The third-order valence-corrected chi connectivity index (χ3v) is 3.79. The molecule has 1 aliphatic heterocycles. The summed E-state index contributed by atoms with van der Waals surface area (Å²) in [7, 11) is 0. The van der Waals surface area contributed by atoms with Gasteiger partial charge in [0.1, 0.15) is 0 Å². The summed E-state index contributed by atoms with van der Waals surface area (Å²) in [5, 5.41) is 12.1. The van der Waals surface area contributed by atoms with Gasteiger partial charge in [-0.3, -0.25) is 9.59 Å².